The van der Waals surface area contributed by atoms with E-state index in [2.05, 4.69) is 18.2 Å². The van der Waals surface area contributed by atoms with Crippen LogP contribution in [0.15, 0.2) is 33.9 Å². The summed E-state index contributed by atoms with van der Waals surface area (Å²) in [6, 6.07) is 7.07. The summed E-state index contributed by atoms with van der Waals surface area (Å²) < 4.78 is 8.21. The summed E-state index contributed by atoms with van der Waals surface area (Å²) in [5.41, 5.74) is 1.58. The van der Waals surface area contributed by atoms with Crippen molar-refractivity contribution in [1.82, 2.24) is 13.5 Å². The van der Waals surface area contributed by atoms with E-state index in [9.17, 15) is 9.59 Å². The molecule has 0 bridgehead atoms. The maximum absolute atomic E-state index is 12.4. The molecule has 3 rings (SSSR count). The summed E-state index contributed by atoms with van der Waals surface area (Å²) in [7, 11) is 1.66. The Labute approximate surface area is 131 Å². The average molecular weight is 315 g/mol. The number of hydrogen-bond donors (Lipinski definition) is 0. The lowest BCUT2D eigenvalue weighted by Crippen LogP contribution is -2.38. The standard InChI is InChI=1S/C16H17N3O2S/c1-9(2)15-12-8-11(5-6-13(12)22-17-15)19-14(20)7-10(3)18(4)16(19)21/h5-9H,1-4H3. The lowest BCUT2D eigenvalue weighted by Gasteiger charge is -2.09. The molecule has 2 heterocycles. The molecule has 22 heavy (non-hydrogen) atoms. The molecular formula is C16H17N3O2S. The van der Waals surface area contributed by atoms with Crippen LogP contribution in [0.3, 0.4) is 0 Å². The molecule has 0 spiro atoms. The van der Waals surface area contributed by atoms with Gasteiger partial charge < -0.3 is 4.57 Å². The van der Waals surface area contributed by atoms with Crippen LogP contribution in [0.2, 0.25) is 0 Å². The third kappa shape index (κ3) is 2.20. The first kappa shape index (κ1) is 14.7. The van der Waals surface area contributed by atoms with Gasteiger partial charge in [-0.05, 0) is 42.6 Å². The SMILES string of the molecule is Cc1cc(=O)n(-c2ccc3snc(C(C)C)c3c2)c(=O)n1C. The molecule has 114 valence electrons. The monoisotopic (exact) mass is 315 g/mol. The van der Waals surface area contributed by atoms with Crippen LogP contribution < -0.4 is 11.2 Å². The van der Waals surface area contributed by atoms with Crippen molar-refractivity contribution < 1.29 is 0 Å². The van der Waals surface area contributed by atoms with Crippen molar-refractivity contribution in [2.24, 2.45) is 7.05 Å². The molecule has 2 aromatic heterocycles. The number of aromatic nitrogens is 3. The quantitative estimate of drug-likeness (QED) is 0.730. The molecule has 0 aliphatic rings. The van der Waals surface area contributed by atoms with Gasteiger partial charge in [-0.1, -0.05) is 13.8 Å². The van der Waals surface area contributed by atoms with Crippen LogP contribution in [0.1, 0.15) is 31.2 Å². The molecule has 5 nitrogen and oxygen atoms in total. The van der Waals surface area contributed by atoms with E-state index < -0.39 is 0 Å². The maximum Gasteiger partial charge on any atom is 0.335 e. The Kier molecular flexibility index (Phi) is 3.48. The highest BCUT2D eigenvalue weighted by Gasteiger charge is 2.13. The van der Waals surface area contributed by atoms with Crippen molar-refractivity contribution in [3.63, 3.8) is 0 Å². The minimum absolute atomic E-state index is 0.293. The van der Waals surface area contributed by atoms with Gasteiger partial charge in [0.05, 0.1) is 16.1 Å². The van der Waals surface area contributed by atoms with Crippen molar-refractivity contribution in [3.8, 4) is 5.69 Å². The number of rotatable bonds is 2. The zero-order valence-electron chi connectivity index (χ0n) is 13.0. The minimum Gasteiger partial charge on any atom is -0.301 e. The second-order valence-corrected chi connectivity index (χ2v) is 6.51. The lowest BCUT2D eigenvalue weighted by molar-refractivity contribution is 0.714. The smallest absolute Gasteiger partial charge is 0.301 e. The molecule has 3 aromatic rings. The van der Waals surface area contributed by atoms with E-state index in [1.165, 1.54) is 26.7 Å². The summed E-state index contributed by atoms with van der Waals surface area (Å²) >= 11 is 1.44. The van der Waals surface area contributed by atoms with E-state index in [-0.39, 0.29) is 11.2 Å². The van der Waals surface area contributed by atoms with Crippen molar-refractivity contribution in [2.45, 2.75) is 26.7 Å². The summed E-state index contributed by atoms with van der Waals surface area (Å²) in [6.45, 7) is 5.91. The van der Waals surface area contributed by atoms with Gasteiger partial charge >= 0.3 is 5.69 Å². The van der Waals surface area contributed by atoms with Gasteiger partial charge in [-0.25, -0.2) is 9.36 Å². The fraction of sp³-hybridized carbons (Fsp3) is 0.312. The second kappa shape index (κ2) is 5.21. The fourth-order valence-corrected chi connectivity index (χ4v) is 3.37. The molecule has 0 saturated carbocycles. The average Bonchev–Trinajstić information content (AvgIpc) is 2.88. The van der Waals surface area contributed by atoms with Crippen molar-refractivity contribution in [3.05, 3.63) is 56.5 Å². The van der Waals surface area contributed by atoms with E-state index in [1.807, 2.05) is 12.1 Å². The second-order valence-electron chi connectivity index (χ2n) is 5.70. The number of nitrogens with zero attached hydrogens (tertiary/aromatic N) is 3. The van der Waals surface area contributed by atoms with Gasteiger partial charge in [-0.3, -0.25) is 4.79 Å². The number of fused-ring (bicyclic) bond motifs is 1. The van der Waals surface area contributed by atoms with Crippen molar-refractivity contribution in [1.29, 1.82) is 0 Å². The Morgan fingerprint density at radius 2 is 1.91 bits per heavy atom. The Hall–Kier alpha value is -2.21. The van der Waals surface area contributed by atoms with Gasteiger partial charge in [0.1, 0.15) is 0 Å². The molecule has 0 aliphatic carbocycles. The third-order valence-corrected chi connectivity index (χ3v) is 4.69. The molecule has 0 saturated heterocycles. The van der Waals surface area contributed by atoms with Gasteiger partial charge in [-0.2, -0.15) is 4.37 Å². The van der Waals surface area contributed by atoms with Crippen LogP contribution >= 0.6 is 11.5 Å². The van der Waals surface area contributed by atoms with Crippen LogP contribution in [0.25, 0.3) is 15.8 Å². The summed E-state index contributed by atoms with van der Waals surface area (Å²) in [4.78, 5) is 24.7. The first-order valence-electron chi connectivity index (χ1n) is 7.09. The van der Waals surface area contributed by atoms with E-state index in [0.29, 0.717) is 17.3 Å². The van der Waals surface area contributed by atoms with Crippen LogP contribution in [-0.4, -0.2) is 13.5 Å². The normalized spacial score (nSPS) is 11.5. The highest BCUT2D eigenvalue weighted by atomic mass is 32.1. The van der Waals surface area contributed by atoms with E-state index in [0.717, 1.165) is 15.8 Å². The molecule has 6 heteroatoms. The Balaban J connectivity index is 2.32. The maximum atomic E-state index is 12.4. The van der Waals surface area contributed by atoms with Gasteiger partial charge in [0, 0.05) is 24.2 Å². The van der Waals surface area contributed by atoms with Crippen molar-refractivity contribution >= 4 is 21.6 Å². The lowest BCUT2D eigenvalue weighted by atomic mass is 10.1. The summed E-state index contributed by atoms with van der Waals surface area (Å²) in [5.74, 6) is 0.293. The molecule has 0 fully saturated rings. The number of hydrogen-bond acceptors (Lipinski definition) is 4. The zero-order valence-corrected chi connectivity index (χ0v) is 13.8. The molecule has 0 unspecified atom stereocenters. The molecule has 0 N–H and O–H groups in total. The summed E-state index contributed by atoms with van der Waals surface area (Å²) in [5, 5.41) is 1.01. The van der Waals surface area contributed by atoms with Crippen molar-refractivity contribution in [2.75, 3.05) is 0 Å². The highest BCUT2D eigenvalue weighted by Crippen LogP contribution is 2.29. The van der Waals surface area contributed by atoms with Gasteiger partial charge in [-0.15, -0.1) is 0 Å². The first-order valence-corrected chi connectivity index (χ1v) is 7.87. The topological polar surface area (TPSA) is 56.9 Å². The van der Waals surface area contributed by atoms with E-state index >= 15 is 0 Å². The van der Waals surface area contributed by atoms with Crippen LogP contribution in [0, 0.1) is 6.92 Å². The molecule has 0 radical (unpaired) electrons. The minimum atomic E-state index is -0.335. The van der Waals surface area contributed by atoms with Crippen LogP contribution in [0.4, 0.5) is 0 Å². The fourth-order valence-electron chi connectivity index (χ4n) is 2.47. The zero-order chi connectivity index (χ0) is 16.0. The third-order valence-electron chi connectivity index (χ3n) is 3.85. The van der Waals surface area contributed by atoms with Crippen LogP contribution in [-0.2, 0) is 7.05 Å². The summed E-state index contributed by atoms with van der Waals surface area (Å²) in [6.07, 6.45) is 0. The molecule has 0 aliphatic heterocycles. The largest absolute Gasteiger partial charge is 0.335 e. The molecule has 1 aromatic carbocycles. The van der Waals surface area contributed by atoms with Gasteiger partial charge in [0.25, 0.3) is 5.56 Å². The van der Waals surface area contributed by atoms with E-state index in [1.54, 1.807) is 20.0 Å². The Morgan fingerprint density at radius 3 is 2.59 bits per heavy atom. The Morgan fingerprint density at radius 1 is 1.18 bits per heavy atom. The highest BCUT2D eigenvalue weighted by molar-refractivity contribution is 7.13. The molecule has 0 atom stereocenters. The number of aryl methyl sites for hydroxylation is 1. The predicted molar refractivity (Wildman–Crippen MR) is 89.3 cm³/mol. The number of benzene rings is 1. The molecular weight excluding hydrogens is 298 g/mol. The van der Waals surface area contributed by atoms with Gasteiger partial charge in [0.15, 0.2) is 0 Å². The Bertz CT molecular complexity index is 979. The predicted octanol–water partition coefficient (Wildman–Crippen LogP) is 2.58. The van der Waals surface area contributed by atoms with E-state index in [4.69, 9.17) is 0 Å². The molecule has 0 amide bonds. The first-order chi connectivity index (χ1) is 10.4. The van der Waals surface area contributed by atoms with Crippen LogP contribution in [0.5, 0.6) is 0 Å². The van der Waals surface area contributed by atoms with Gasteiger partial charge in [0.2, 0.25) is 0 Å².